The van der Waals surface area contributed by atoms with Gasteiger partial charge in [0, 0.05) is 0 Å². The van der Waals surface area contributed by atoms with Gasteiger partial charge >= 0.3 is 0 Å². The van der Waals surface area contributed by atoms with Crippen LogP contribution in [0.1, 0.15) is 44.3 Å². The average Bonchev–Trinajstić information content (AvgIpc) is 3.33. The van der Waals surface area contributed by atoms with Crippen molar-refractivity contribution in [3.63, 3.8) is 0 Å². The number of rotatable bonds is 13. The zero-order chi connectivity index (χ0) is 31.0. The summed E-state index contributed by atoms with van der Waals surface area (Å²) >= 11 is 1.55. The Morgan fingerprint density at radius 1 is 0.644 bits per heavy atom. The molecule has 2 heterocycles. The zero-order valence-electron chi connectivity index (χ0n) is 25.2. The molecule has 0 aliphatic carbocycles. The van der Waals surface area contributed by atoms with Crippen LogP contribution in [-0.2, 0) is 38.8 Å². The molecule has 7 nitrogen and oxygen atoms in total. The summed E-state index contributed by atoms with van der Waals surface area (Å²) in [6, 6.07) is 36.0. The number of carbonyl (C=O) groups is 2. The fraction of sp³-hybridized carbons (Fsp3) is 0.297. The van der Waals surface area contributed by atoms with E-state index in [0.29, 0.717) is 30.1 Å². The van der Waals surface area contributed by atoms with Gasteiger partial charge in [-0.25, -0.2) is 0 Å². The van der Waals surface area contributed by atoms with Gasteiger partial charge in [-0.15, -0.1) is 11.8 Å². The lowest BCUT2D eigenvalue weighted by molar-refractivity contribution is -0.223. The number of hydrogen-bond acceptors (Lipinski definition) is 7. The van der Waals surface area contributed by atoms with Crippen molar-refractivity contribution >= 4 is 23.6 Å². The molecule has 2 amide bonds. The van der Waals surface area contributed by atoms with Crippen molar-refractivity contribution in [2.45, 2.75) is 56.5 Å². The third-order valence-electron chi connectivity index (χ3n) is 8.03. The fourth-order valence-corrected chi connectivity index (χ4v) is 6.89. The highest BCUT2D eigenvalue weighted by Gasteiger charge is 2.54. The van der Waals surface area contributed by atoms with Crippen molar-refractivity contribution in [1.82, 2.24) is 4.90 Å². The number of carbonyl (C=O) groups excluding carboxylic acids is 2. The van der Waals surface area contributed by atoms with E-state index in [0.717, 1.165) is 16.7 Å². The molecule has 0 spiro atoms. The highest BCUT2D eigenvalue weighted by Crippen LogP contribution is 2.39. The molecule has 0 radical (unpaired) electrons. The van der Waals surface area contributed by atoms with Crippen LogP contribution in [0.15, 0.2) is 115 Å². The fourth-order valence-electron chi connectivity index (χ4n) is 5.87. The molecule has 4 aromatic carbocycles. The van der Waals surface area contributed by atoms with Gasteiger partial charge in [0.2, 0.25) is 0 Å². The van der Waals surface area contributed by atoms with Crippen LogP contribution in [0.3, 0.4) is 0 Å². The number of hydrogen-bond donors (Lipinski definition) is 0. The van der Waals surface area contributed by atoms with Gasteiger partial charge in [0.1, 0.15) is 29.8 Å². The Balaban J connectivity index is 1.35. The first-order valence-corrected chi connectivity index (χ1v) is 16.4. The number of fused-ring (bicyclic) bond motifs is 1. The highest BCUT2D eigenvalue weighted by atomic mass is 32.2. The second-order valence-corrected chi connectivity index (χ2v) is 12.4. The largest absolute Gasteiger partial charge is 0.374 e. The van der Waals surface area contributed by atoms with E-state index in [9.17, 15) is 9.59 Å². The second-order valence-electron chi connectivity index (χ2n) is 11.0. The zero-order valence-corrected chi connectivity index (χ0v) is 26.0. The van der Waals surface area contributed by atoms with E-state index < -0.39 is 29.8 Å². The molecule has 0 bridgehead atoms. The lowest BCUT2D eigenvalue weighted by Crippen LogP contribution is -2.65. The Bertz CT molecular complexity index is 1520. The predicted molar refractivity (Wildman–Crippen MR) is 174 cm³/mol. The quantitative estimate of drug-likeness (QED) is 0.157. The Kier molecular flexibility index (Phi) is 10.4. The topological polar surface area (TPSA) is 74.3 Å². The van der Waals surface area contributed by atoms with Crippen molar-refractivity contribution < 1.29 is 28.5 Å². The van der Waals surface area contributed by atoms with Crippen LogP contribution >= 0.6 is 11.8 Å². The molecule has 2 aliphatic rings. The summed E-state index contributed by atoms with van der Waals surface area (Å²) < 4.78 is 26.4. The van der Waals surface area contributed by atoms with Crippen LogP contribution < -0.4 is 0 Å². The van der Waals surface area contributed by atoms with E-state index in [1.165, 1.54) is 4.90 Å². The summed E-state index contributed by atoms with van der Waals surface area (Å²) in [5, 5.41) is 0. The molecule has 232 valence electrons. The summed E-state index contributed by atoms with van der Waals surface area (Å²) in [7, 11) is 0. The van der Waals surface area contributed by atoms with Crippen molar-refractivity contribution in [2.24, 2.45) is 0 Å². The molecule has 1 saturated heterocycles. The van der Waals surface area contributed by atoms with Gasteiger partial charge in [0.15, 0.2) is 0 Å². The van der Waals surface area contributed by atoms with Gasteiger partial charge in [-0.2, -0.15) is 0 Å². The van der Waals surface area contributed by atoms with E-state index in [-0.39, 0.29) is 25.0 Å². The summed E-state index contributed by atoms with van der Waals surface area (Å²) in [6.45, 7) is 3.27. The van der Waals surface area contributed by atoms with Crippen LogP contribution in [0.25, 0.3) is 0 Å². The third-order valence-corrected chi connectivity index (χ3v) is 9.09. The molecule has 0 N–H and O–H groups in total. The van der Waals surface area contributed by atoms with Crippen molar-refractivity contribution in [1.29, 1.82) is 0 Å². The summed E-state index contributed by atoms with van der Waals surface area (Å²) in [6.07, 6.45) is -1.86. The molecular weight excluding hydrogens is 586 g/mol. The molecule has 8 heteroatoms. The lowest BCUT2D eigenvalue weighted by Gasteiger charge is -2.48. The maximum Gasteiger partial charge on any atom is 0.262 e. The van der Waals surface area contributed by atoms with E-state index in [1.54, 1.807) is 36.0 Å². The summed E-state index contributed by atoms with van der Waals surface area (Å²) in [4.78, 5) is 29.1. The molecule has 0 unspecified atom stereocenters. The minimum absolute atomic E-state index is 0.245. The van der Waals surface area contributed by atoms with E-state index in [4.69, 9.17) is 18.9 Å². The van der Waals surface area contributed by atoms with Crippen molar-refractivity contribution in [2.75, 3.05) is 12.4 Å². The standard InChI is InChI=1S/C37H37NO6S/c1-2-45-37-32(38-35(39)29-20-12-13-21-30(29)36(38)40)34(43-24-28-18-10-5-11-19-28)33(42-23-27-16-8-4-9-17-27)31(44-37)25-41-22-26-14-6-3-7-15-26/h3-21,31-34,37H,2,22-25H2,1H3/t31-,32-,33+,34-,37+/m1/s1. The number of thioether (sulfide) groups is 1. The number of nitrogens with zero attached hydrogens (tertiary/aromatic N) is 1. The molecule has 2 aliphatic heterocycles. The number of ether oxygens (including phenoxy) is 4. The first-order chi connectivity index (χ1) is 22.1. The van der Waals surface area contributed by atoms with Gasteiger partial charge in [0.05, 0.1) is 37.6 Å². The number of benzene rings is 4. The molecular formula is C37H37NO6S. The van der Waals surface area contributed by atoms with Gasteiger partial charge < -0.3 is 18.9 Å². The van der Waals surface area contributed by atoms with E-state index in [1.807, 2.05) is 97.9 Å². The smallest absolute Gasteiger partial charge is 0.262 e. The number of imide groups is 1. The average molecular weight is 624 g/mol. The molecule has 4 aromatic rings. The van der Waals surface area contributed by atoms with Crippen LogP contribution in [0.5, 0.6) is 0 Å². The van der Waals surface area contributed by atoms with Crippen LogP contribution in [0, 0.1) is 0 Å². The van der Waals surface area contributed by atoms with E-state index >= 15 is 0 Å². The SMILES string of the molecule is CCS[C@@H]1O[C@H](COCc2ccccc2)[C@H](OCc2ccccc2)[C@H](OCc2ccccc2)[C@H]1N1C(=O)c2ccccc2C1=O. The van der Waals surface area contributed by atoms with Crippen LogP contribution in [0.4, 0.5) is 0 Å². The Morgan fingerprint density at radius 3 is 1.62 bits per heavy atom. The summed E-state index contributed by atoms with van der Waals surface area (Å²) in [5.74, 6) is 0.0164. The molecule has 5 atom stereocenters. The van der Waals surface area contributed by atoms with Crippen molar-refractivity contribution in [3.8, 4) is 0 Å². The monoisotopic (exact) mass is 623 g/mol. The predicted octanol–water partition coefficient (Wildman–Crippen LogP) is 6.52. The van der Waals surface area contributed by atoms with Crippen LogP contribution in [0.2, 0.25) is 0 Å². The second kappa shape index (κ2) is 15.0. The first kappa shape index (κ1) is 31.2. The Labute approximate surface area is 268 Å². The molecule has 45 heavy (non-hydrogen) atoms. The van der Waals surface area contributed by atoms with Gasteiger partial charge in [0.25, 0.3) is 11.8 Å². The highest BCUT2D eigenvalue weighted by molar-refractivity contribution is 7.99. The molecule has 1 fully saturated rings. The first-order valence-electron chi connectivity index (χ1n) is 15.3. The maximum absolute atomic E-state index is 13.9. The number of amides is 2. The molecule has 0 saturated carbocycles. The minimum Gasteiger partial charge on any atom is -0.374 e. The van der Waals surface area contributed by atoms with Crippen molar-refractivity contribution in [3.05, 3.63) is 143 Å². The molecule has 6 rings (SSSR count). The van der Waals surface area contributed by atoms with Gasteiger partial charge in [-0.1, -0.05) is 110 Å². The maximum atomic E-state index is 13.9. The van der Waals surface area contributed by atoms with Gasteiger partial charge in [-0.05, 0) is 34.6 Å². The summed E-state index contributed by atoms with van der Waals surface area (Å²) in [5.41, 5.74) is 3.24. The van der Waals surface area contributed by atoms with Crippen LogP contribution in [-0.4, -0.2) is 58.9 Å². The lowest BCUT2D eigenvalue weighted by atomic mass is 9.95. The Morgan fingerprint density at radius 2 is 1.11 bits per heavy atom. The third kappa shape index (κ3) is 7.21. The minimum atomic E-state index is -0.739. The van der Waals surface area contributed by atoms with E-state index in [2.05, 4.69) is 0 Å². The Hall–Kier alpha value is -3.79. The van der Waals surface area contributed by atoms with Gasteiger partial charge in [-0.3, -0.25) is 14.5 Å². The molecule has 0 aromatic heterocycles. The normalized spacial score (nSPS) is 22.9.